The van der Waals surface area contributed by atoms with Crippen molar-refractivity contribution in [3.8, 4) is 17.4 Å². The van der Waals surface area contributed by atoms with Crippen LogP contribution >= 0.6 is 0 Å². The van der Waals surface area contributed by atoms with Crippen molar-refractivity contribution >= 4 is 17.5 Å². The molecule has 0 saturated carbocycles. The van der Waals surface area contributed by atoms with E-state index >= 15 is 0 Å². The fourth-order valence-electron chi connectivity index (χ4n) is 4.07. The highest BCUT2D eigenvalue weighted by Crippen LogP contribution is 2.23. The van der Waals surface area contributed by atoms with Gasteiger partial charge in [0.1, 0.15) is 36.9 Å². The maximum Gasteiger partial charge on any atom is 0.253 e. The number of pyridine rings is 1. The molecule has 2 aromatic heterocycles. The molecule has 11 nitrogen and oxygen atoms in total. The third kappa shape index (κ3) is 7.45. The molecule has 4 rings (SSSR count). The quantitative estimate of drug-likeness (QED) is 0.408. The maximum absolute atomic E-state index is 12.7. The van der Waals surface area contributed by atoms with Crippen LogP contribution in [0, 0.1) is 13.8 Å². The van der Waals surface area contributed by atoms with Gasteiger partial charge in [0.25, 0.3) is 5.91 Å². The molecule has 3 heterocycles. The van der Waals surface area contributed by atoms with Gasteiger partial charge in [0.15, 0.2) is 0 Å². The Hall–Kier alpha value is -4.12. The number of carbonyl (C=O) groups is 2. The predicted octanol–water partition coefficient (Wildman–Crippen LogP) is 2.62. The van der Waals surface area contributed by atoms with Crippen LogP contribution in [0.15, 0.2) is 48.9 Å². The number of anilines is 1. The van der Waals surface area contributed by atoms with Crippen molar-refractivity contribution in [3.63, 3.8) is 0 Å². The van der Waals surface area contributed by atoms with E-state index in [0.717, 1.165) is 16.9 Å². The number of benzene rings is 1. The van der Waals surface area contributed by atoms with Crippen LogP contribution in [-0.2, 0) is 20.9 Å². The van der Waals surface area contributed by atoms with E-state index in [2.05, 4.69) is 21.5 Å². The molecule has 1 aliphatic heterocycles. The van der Waals surface area contributed by atoms with Gasteiger partial charge in [-0.3, -0.25) is 14.3 Å². The molecule has 202 valence electrons. The van der Waals surface area contributed by atoms with Crippen molar-refractivity contribution in [2.24, 2.45) is 0 Å². The number of amides is 2. The summed E-state index contributed by atoms with van der Waals surface area (Å²) in [5, 5.41) is 6.99. The number of hydrogen-bond donors (Lipinski definition) is 1. The fraction of sp³-hybridized carbons (Fsp3) is 0.407. The van der Waals surface area contributed by atoms with Crippen LogP contribution < -0.4 is 19.5 Å². The Kier molecular flexibility index (Phi) is 8.80. The summed E-state index contributed by atoms with van der Waals surface area (Å²) in [6.45, 7) is 5.18. The average Bonchev–Trinajstić information content (AvgIpc) is 3.53. The zero-order valence-corrected chi connectivity index (χ0v) is 22.0. The molecule has 0 spiro atoms. The van der Waals surface area contributed by atoms with Gasteiger partial charge in [-0.2, -0.15) is 5.10 Å². The molecule has 1 fully saturated rings. The van der Waals surface area contributed by atoms with E-state index in [1.165, 1.54) is 18.0 Å². The van der Waals surface area contributed by atoms with Crippen molar-refractivity contribution in [1.29, 1.82) is 0 Å². The number of rotatable bonds is 11. The molecule has 0 bridgehead atoms. The third-order valence-electron chi connectivity index (χ3n) is 5.99. The third-order valence-corrected chi connectivity index (χ3v) is 5.99. The number of carbonyl (C=O) groups excluding carboxylic acids is 2. The number of ether oxygens (including phenoxy) is 4. The average molecular weight is 524 g/mol. The molecule has 2 atom stereocenters. The van der Waals surface area contributed by atoms with Crippen LogP contribution in [0.1, 0.15) is 17.5 Å². The van der Waals surface area contributed by atoms with Crippen LogP contribution in [0.25, 0.3) is 0 Å². The lowest BCUT2D eigenvalue weighted by Gasteiger charge is -2.17. The number of nitrogens with one attached hydrogen (secondary N) is 1. The highest BCUT2D eigenvalue weighted by molar-refractivity contribution is 5.94. The standard InChI is InChI=1S/C27H33N5O6/c1-18-9-19(2)11-22(10-18)36-8-7-31(3)26(33)16-32-15-20(14-29-32)30-27(34)24-12-23(17-37-24)38-21-5-6-28-25(13-21)35-4/h5-6,9-11,13-15,23-24H,7-8,12,16-17H2,1-4H3,(H,30,34)/t23-,24+/m0/s1. The minimum absolute atomic E-state index is 0.0428. The summed E-state index contributed by atoms with van der Waals surface area (Å²) in [6.07, 6.45) is 4.18. The molecular formula is C27H33N5O6. The second-order valence-corrected chi connectivity index (χ2v) is 9.23. The summed E-state index contributed by atoms with van der Waals surface area (Å²) in [7, 11) is 3.25. The van der Waals surface area contributed by atoms with Crippen molar-refractivity contribution in [2.45, 2.75) is 39.0 Å². The summed E-state index contributed by atoms with van der Waals surface area (Å²) in [5.41, 5.74) is 2.74. The van der Waals surface area contributed by atoms with Gasteiger partial charge in [-0.1, -0.05) is 6.07 Å². The second-order valence-electron chi connectivity index (χ2n) is 9.23. The van der Waals surface area contributed by atoms with E-state index in [0.29, 0.717) is 36.9 Å². The van der Waals surface area contributed by atoms with Crippen LogP contribution in [-0.4, -0.2) is 77.6 Å². The Bertz CT molecular complexity index is 1240. The van der Waals surface area contributed by atoms with Crippen LogP contribution in [0.5, 0.6) is 17.4 Å². The molecule has 2 amide bonds. The van der Waals surface area contributed by atoms with E-state index in [1.54, 1.807) is 36.5 Å². The molecule has 3 aromatic rings. The van der Waals surface area contributed by atoms with Crippen LogP contribution in [0.3, 0.4) is 0 Å². The van der Waals surface area contributed by atoms with Gasteiger partial charge in [0.2, 0.25) is 11.8 Å². The maximum atomic E-state index is 12.7. The molecule has 38 heavy (non-hydrogen) atoms. The molecule has 1 N–H and O–H groups in total. The monoisotopic (exact) mass is 523 g/mol. The number of likely N-dealkylation sites (N-methyl/N-ethyl adjacent to an activating group) is 1. The van der Waals surface area contributed by atoms with E-state index in [1.807, 2.05) is 26.0 Å². The Morgan fingerprint density at radius 2 is 1.97 bits per heavy atom. The molecule has 0 aliphatic carbocycles. The van der Waals surface area contributed by atoms with Crippen molar-refractivity contribution in [2.75, 3.05) is 39.2 Å². The number of methoxy groups -OCH3 is 1. The van der Waals surface area contributed by atoms with Gasteiger partial charge in [0.05, 0.1) is 32.1 Å². The molecule has 0 radical (unpaired) electrons. The fourth-order valence-corrected chi connectivity index (χ4v) is 4.07. The van der Waals surface area contributed by atoms with E-state index in [-0.39, 0.29) is 31.1 Å². The summed E-state index contributed by atoms with van der Waals surface area (Å²) in [5.74, 6) is 1.41. The highest BCUT2D eigenvalue weighted by atomic mass is 16.6. The first-order chi connectivity index (χ1) is 18.3. The minimum atomic E-state index is -0.656. The smallest absolute Gasteiger partial charge is 0.253 e. The number of nitrogens with zero attached hydrogens (tertiary/aromatic N) is 4. The van der Waals surface area contributed by atoms with Gasteiger partial charge < -0.3 is 29.2 Å². The molecule has 11 heteroatoms. The Labute approximate surface area is 221 Å². The van der Waals surface area contributed by atoms with Crippen LogP contribution in [0.2, 0.25) is 0 Å². The van der Waals surface area contributed by atoms with Gasteiger partial charge >= 0.3 is 0 Å². The van der Waals surface area contributed by atoms with Gasteiger partial charge in [-0.25, -0.2) is 4.98 Å². The van der Waals surface area contributed by atoms with E-state index < -0.39 is 6.10 Å². The lowest BCUT2D eigenvalue weighted by molar-refractivity contribution is -0.131. The number of hydrogen-bond acceptors (Lipinski definition) is 8. The summed E-state index contributed by atoms with van der Waals surface area (Å²) < 4.78 is 23.9. The normalized spacial score (nSPS) is 16.6. The number of aryl methyl sites for hydroxylation is 2. The van der Waals surface area contributed by atoms with Gasteiger partial charge in [-0.15, -0.1) is 0 Å². The first-order valence-corrected chi connectivity index (χ1v) is 12.4. The zero-order valence-electron chi connectivity index (χ0n) is 22.0. The topological polar surface area (TPSA) is 117 Å². The SMILES string of the molecule is COc1cc(O[C@@H]2CO[C@@H](C(=O)Nc3cnn(CC(=O)N(C)CCOc4cc(C)cc(C)c4)c3)C2)ccn1. The lowest BCUT2D eigenvalue weighted by Crippen LogP contribution is -2.33. The van der Waals surface area contributed by atoms with Crippen molar-refractivity contribution < 1.29 is 28.5 Å². The van der Waals surface area contributed by atoms with Crippen molar-refractivity contribution in [3.05, 3.63) is 60.0 Å². The predicted molar refractivity (Wildman–Crippen MR) is 139 cm³/mol. The van der Waals surface area contributed by atoms with E-state index in [4.69, 9.17) is 18.9 Å². The number of aromatic nitrogens is 3. The van der Waals surface area contributed by atoms with E-state index in [9.17, 15) is 9.59 Å². The van der Waals surface area contributed by atoms with Crippen molar-refractivity contribution in [1.82, 2.24) is 19.7 Å². The summed E-state index contributed by atoms with van der Waals surface area (Å²) in [4.78, 5) is 30.9. The second kappa shape index (κ2) is 12.4. The molecule has 1 aromatic carbocycles. The lowest BCUT2D eigenvalue weighted by atomic mass is 10.1. The van der Waals surface area contributed by atoms with Gasteiger partial charge in [0, 0.05) is 31.9 Å². The van der Waals surface area contributed by atoms with Crippen LogP contribution in [0.4, 0.5) is 5.69 Å². The first-order valence-electron chi connectivity index (χ1n) is 12.4. The Morgan fingerprint density at radius 1 is 1.18 bits per heavy atom. The highest BCUT2D eigenvalue weighted by Gasteiger charge is 2.32. The Morgan fingerprint density at radius 3 is 2.74 bits per heavy atom. The summed E-state index contributed by atoms with van der Waals surface area (Å²) in [6, 6.07) is 9.42. The summed E-state index contributed by atoms with van der Waals surface area (Å²) >= 11 is 0. The molecule has 1 aliphatic rings. The molecule has 0 unspecified atom stereocenters. The molecule has 1 saturated heterocycles. The Balaban J connectivity index is 1.20. The largest absolute Gasteiger partial charge is 0.492 e. The first kappa shape index (κ1) is 26.9. The minimum Gasteiger partial charge on any atom is -0.492 e. The van der Waals surface area contributed by atoms with Gasteiger partial charge in [-0.05, 0) is 43.2 Å². The molecular weight excluding hydrogens is 490 g/mol. The zero-order chi connectivity index (χ0) is 27.1.